The Balaban J connectivity index is 1.44. The summed E-state index contributed by atoms with van der Waals surface area (Å²) in [5, 5.41) is 13.3. The molecular weight excluding hydrogens is 354 g/mol. The zero-order valence-electron chi connectivity index (χ0n) is 16.6. The molecule has 2 aliphatic rings. The highest BCUT2D eigenvalue weighted by atomic mass is 16.2. The van der Waals surface area contributed by atoms with Gasteiger partial charge >= 0.3 is 6.03 Å². The summed E-state index contributed by atoms with van der Waals surface area (Å²) in [4.78, 5) is 27.3. The van der Waals surface area contributed by atoms with Crippen LogP contribution in [0.3, 0.4) is 0 Å². The first-order valence-corrected chi connectivity index (χ1v) is 9.78. The Labute approximate surface area is 164 Å². The second kappa shape index (κ2) is 6.65. The molecule has 148 valence electrons. The maximum atomic E-state index is 12.8. The van der Waals surface area contributed by atoms with E-state index in [0.29, 0.717) is 19.6 Å². The maximum Gasteiger partial charge on any atom is 0.317 e. The SMILES string of the molecule is CC(C)(C)c1cc(CNC(=O)N2CCC[C@]3(C2)C(=O)Nc2ccccc23)[nH]n1. The van der Waals surface area contributed by atoms with Crippen molar-refractivity contribution in [2.24, 2.45) is 0 Å². The van der Waals surface area contributed by atoms with E-state index in [9.17, 15) is 9.59 Å². The van der Waals surface area contributed by atoms with E-state index in [1.165, 1.54) is 0 Å². The van der Waals surface area contributed by atoms with E-state index in [1.54, 1.807) is 4.90 Å². The Kier molecular flexibility index (Phi) is 4.40. The lowest BCUT2D eigenvalue weighted by molar-refractivity contribution is -0.122. The van der Waals surface area contributed by atoms with Crippen LogP contribution >= 0.6 is 0 Å². The van der Waals surface area contributed by atoms with Gasteiger partial charge in [-0.25, -0.2) is 4.79 Å². The first-order valence-electron chi connectivity index (χ1n) is 9.78. The number of rotatable bonds is 2. The Bertz CT molecular complexity index is 914. The van der Waals surface area contributed by atoms with Crippen molar-refractivity contribution in [1.82, 2.24) is 20.4 Å². The lowest BCUT2D eigenvalue weighted by Crippen LogP contribution is -2.54. The number of anilines is 1. The van der Waals surface area contributed by atoms with Crippen LogP contribution in [0.25, 0.3) is 0 Å². The highest BCUT2D eigenvalue weighted by molar-refractivity contribution is 6.06. The third-order valence-corrected chi connectivity index (χ3v) is 5.73. The summed E-state index contributed by atoms with van der Waals surface area (Å²) in [5.41, 5.74) is 3.02. The van der Waals surface area contributed by atoms with Crippen molar-refractivity contribution in [3.8, 4) is 0 Å². The number of amides is 3. The van der Waals surface area contributed by atoms with Crippen molar-refractivity contribution >= 4 is 17.6 Å². The number of likely N-dealkylation sites (tertiary alicyclic amines) is 1. The molecule has 0 unspecified atom stereocenters. The number of nitrogens with one attached hydrogen (secondary N) is 3. The van der Waals surface area contributed by atoms with Crippen molar-refractivity contribution in [2.75, 3.05) is 18.4 Å². The average Bonchev–Trinajstić information content (AvgIpc) is 3.24. The van der Waals surface area contributed by atoms with Crippen molar-refractivity contribution in [1.29, 1.82) is 0 Å². The molecule has 3 N–H and O–H groups in total. The molecule has 2 aliphatic heterocycles. The summed E-state index contributed by atoms with van der Waals surface area (Å²) in [6.45, 7) is 7.74. The normalized spacial score (nSPS) is 21.5. The zero-order chi connectivity index (χ0) is 19.9. The van der Waals surface area contributed by atoms with Gasteiger partial charge in [0.05, 0.1) is 23.3 Å². The number of carbonyl (C=O) groups excluding carboxylic acids is 2. The Morgan fingerprint density at radius 3 is 2.86 bits per heavy atom. The van der Waals surface area contributed by atoms with E-state index in [-0.39, 0.29) is 17.4 Å². The van der Waals surface area contributed by atoms with Gasteiger partial charge in [0.1, 0.15) is 0 Å². The number of hydrogen-bond acceptors (Lipinski definition) is 3. The van der Waals surface area contributed by atoms with Crippen molar-refractivity contribution in [2.45, 2.75) is 51.0 Å². The number of para-hydroxylation sites is 1. The van der Waals surface area contributed by atoms with Crippen molar-refractivity contribution in [3.63, 3.8) is 0 Å². The number of piperidine rings is 1. The van der Waals surface area contributed by atoms with Crippen LogP contribution < -0.4 is 10.6 Å². The minimum Gasteiger partial charge on any atom is -0.332 e. The second-order valence-corrected chi connectivity index (χ2v) is 8.79. The molecule has 1 spiro atoms. The molecule has 1 fully saturated rings. The zero-order valence-corrected chi connectivity index (χ0v) is 16.6. The van der Waals surface area contributed by atoms with Crippen molar-refractivity contribution in [3.05, 3.63) is 47.3 Å². The standard InChI is InChI=1S/C21H27N5O2/c1-20(2,3)17-11-14(24-25-17)12-22-19(28)26-10-6-9-21(13-26)15-7-4-5-8-16(15)23-18(21)27/h4-5,7-8,11H,6,9-10,12-13H2,1-3H3,(H,22,28)(H,23,27)(H,24,25)/t21-/m1/s1. The Morgan fingerprint density at radius 1 is 1.32 bits per heavy atom. The fraction of sp³-hybridized carbons (Fsp3) is 0.476. The monoisotopic (exact) mass is 381 g/mol. The van der Waals surface area contributed by atoms with Gasteiger partial charge in [0.2, 0.25) is 5.91 Å². The number of hydrogen-bond donors (Lipinski definition) is 3. The van der Waals surface area contributed by atoms with E-state index in [0.717, 1.165) is 35.5 Å². The molecule has 1 atom stereocenters. The molecule has 3 amide bonds. The maximum absolute atomic E-state index is 12.8. The molecule has 2 aromatic rings. The number of benzene rings is 1. The number of aromatic amines is 1. The Morgan fingerprint density at radius 2 is 2.11 bits per heavy atom. The first kappa shape index (κ1) is 18.5. The number of aromatic nitrogens is 2. The van der Waals surface area contributed by atoms with Gasteiger partial charge < -0.3 is 15.5 Å². The van der Waals surface area contributed by atoms with Crippen LogP contribution in [0.1, 0.15) is 50.6 Å². The smallest absolute Gasteiger partial charge is 0.317 e. The van der Waals surface area contributed by atoms with E-state index in [4.69, 9.17) is 0 Å². The number of urea groups is 1. The molecule has 7 nitrogen and oxygen atoms in total. The fourth-order valence-corrected chi connectivity index (χ4v) is 4.13. The summed E-state index contributed by atoms with van der Waals surface area (Å²) in [5.74, 6) is -0.00501. The highest BCUT2D eigenvalue weighted by Crippen LogP contribution is 2.43. The second-order valence-electron chi connectivity index (χ2n) is 8.79. The largest absolute Gasteiger partial charge is 0.332 e. The summed E-state index contributed by atoms with van der Waals surface area (Å²) in [6, 6.07) is 9.62. The van der Waals surface area contributed by atoms with E-state index in [2.05, 4.69) is 41.6 Å². The lowest BCUT2D eigenvalue weighted by Gasteiger charge is -2.39. The molecule has 0 radical (unpaired) electrons. The minimum absolute atomic E-state index is 0.00501. The van der Waals surface area contributed by atoms with E-state index in [1.807, 2.05) is 30.3 Å². The molecule has 28 heavy (non-hydrogen) atoms. The average molecular weight is 381 g/mol. The van der Waals surface area contributed by atoms with Crippen LogP contribution in [0.5, 0.6) is 0 Å². The molecule has 7 heteroatoms. The predicted molar refractivity (Wildman–Crippen MR) is 107 cm³/mol. The first-order chi connectivity index (χ1) is 13.3. The van der Waals surface area contributed by atoms with E-state index < -0.39 is 5.41 Å². The quantitative estimate of drug-likeness (QED) is 0.747. The highest BCUT2D eigenvalue weighted by Gasteiger charge is 2.49. The third-order valence-electron chi connectivity index (χ3n) is 5.73. The van der Waals surface area contributed by atoms with Gasteiger partial charge in [-0.1, -0.05) is 39.0 Å². The molecule has 1 aromatic heterocycles. The number of H-pyrrole nitrogens is 1. The summed E-state index contributed by atoms with van der Waals surface area (Å²) in [6.07, 6.45) is 1.56. The van der Waals surface area contributed by atoms with Gasteiger partial charge in [-0.15, -0.1) is 0 Å². The van der Waals surface area contributed by atoms with Crippen LogP contribution in [0, 0.1) is 0 Å². The Hall–Kier alpha value is -2.83. The van der Waals surface area contributed by atoms with E-state index >= 15 is 0 Å². The molecule has 1 aromatic carbocycles. The number of fused-ring (bicyclic) bond motifs is 2. The van der Waals surface area contributed by atoms with Crippen molar-refractivity contribution < 1.29 is 9.59 Å². The molecule has 4 rings (SSSR count). The molecule has 0 saturated carbocycles. The van der Waals surface area contributed by atoms with Crippen LogP contribution in [0.4, 0.5) is 10.5 Å². The molecule has 3 heterocycles. The van der Waals surface area contributed by atoms with Gasteiger partial charge in [-0.2, -0.15) is 5.10 Å². The number of carbonyl (C=O) groups is 2. The van der Waals surface area contributed by atoms with Crippen LogP contribution in [-0.4, -0.2) is 40.1 Å². The molecule has 1 saturated heterocycles. The predicted octanol–water partition coefficient (Wildman–Crippen LogP) is 2.90. The van der Waals surface area contributed by atoms with Crippen LogP contribution in [-0.2, 0) is 22.2 Å². The topological polar surface area (TPSA) is 90.1 Å². The summed E-state index contributed by atoms with van der Waals surface area (Å²) >= 11 is 0. The van der Waals surface area contributed by atoms with Gasteiger partial charge in [0.15, 0.2) is 0 Å². The third kappa shape index (κ3) is 3.15. The number of nitrogens with zero attached hydrogens (tertiary/aromatic N) is 2. The van der Waals surface area contributed by atoms with Gasteiger partial charge in [0, 0.05) is 24.2 Å². The van der Waals surface area contributed by atoms with Gasteiger partial charge in [0.25, 0.3) is 0 Å². The minimum atomic E-state index is -0.639. The van der Waals surface area contributed by atoms with Gasteiger partial charge in [-0.3, -0.25) is 9.89 Å². The lowest BCUT2D eigenvalue weighted by atomic mass is 9.75. The van der Waals surface area contributed by atoms with Crippen LogP contribution in [0.2, 0.25) is 0 Å². The van der Waals surface area contributed by atoms with Crippen LogP contribution in [0.15, 0.2) is 30.3 Å². The molecule has 0 bridgehead atoms. The fourth-order valence-electron chi connectivity index (χ4n) is 4.13. The summed E-state index contributed by atoms with van der Waals surface area (Å²) < 4.78 is 0. The summed E-state index contributed by atoms with van der Waals surface area (Å²) in [7, 11) is 0. The van der Waals surface area contributed by atoms with Gasteiger partial charge in [-0.05, 0) is 30.5 Å². The molecule has 0 aliphatic carbocycles. The molecular formula is C21H27N5O2.